The highest BCUT2D eigenvalue weighted by Gasteiger charge is 2.14. The Balaban J connectivity index is 2.14. The molecule has 0 bridgehead atoms. The van der Waals surface area contributed by atoms with Crippen molar-refractivity contribution in [3.8, 4) is 0 Å². The third-order valence-corrected chi connectivity index (χ3v) is 3.79. The zero-order valence-corrected chi connectivity index (χ0v) is 12.3. The number of aliphatic hydroxyl groups excluding tert-OH is 1. The fourth-order valence-corrected chi connectivity index (χ4v) is 2.77. The molecule has 0 fully saturated rings. The van der Waals surface area contributed by atoms with Gasteiger partial charge in [0.1, 0.15) is 6.10 Å². The largest absolute Gasteiger partial charge is 0.384 e. The number of hydrogen-bond donors (Lipinski definition) is 1. The van der Waals surface area contributed by atoms with E-state index in [1.165, 1.54) is 0 Å². The van der Waals surface area contributed by atoms with Crippen LogP contribution in [0.4, 0.5) is 0 Å². The summed E-state index contributed by atoms with van der Waals surface area (Å²) in [5.74, 6) is 0. The van der Waals surface area contributed by atoms with E-state index in [1.807, 2.05) is 54.6 Å². The highest BCUT2D eigenvalue weighted by Crippen LogP contribution is 2.28. The molecule has 1 N–H and O–H groups in total. The number of aromatic nitrogens is 1. The molecule has 1 unspecified atom stereocenters. The predicted octanol–water partition coefficient (Wildman–Crippen LogP) is 3.92. The molecule has 3 aromatic rings. The van der Waals surface area contributed by atoms with Gasteiger partial charge in [0.25, 0.3) is 0 Å². The van der Waals surface area contributed by atoms with E-state index in [0.29, 0.717) is 0 Å². The number of halogens is 1. The molecule has 0 spiro atoms. The van der Waals surface area contributed by atoms with Crippen molar-refractivity contribution < 1.29 is 5.11 Å². The minimum Gasteiger partial charge on any atom is -0.384 e. The summed E-state index contributed by atoms with van der Waals surface area (Å²) in [5, 5.41) is 11.6. The monoisotopic (exact) mass is 361 g/mol. The van der Waals surface area contributed by atoms with Crippen molar-refractivity contribution in [2.75, 3.05) is 0 Å². The summed E-state index contributed by atoms with van der Waals surface area (Å²) in [7, 11) is 0. The molecule has 1 heterocycles. The zero-order valence-electron chi connectivity index (χ0n) is 10.1. The molecule has 0 aliphatic carbocycles. The molecule has 1 atom stereocenters. The SMILES string of the molecule is OC(c1cccc(I)c1)c1cccc2cccnc12. The Morgan fingerprint density at radius 2 is 1.79 bits per heavy atom. The van der Waals surface area contributed by atoms with Gasteiger partial charge in [-0.3, -0.25) is 4.98 Å². The van der Waals surface area contributed by atoms with Crippen LogP contribution >= 0.6 is 22.6 Å². The molecule has 19 heavy (non-hydrogen) atoms. The molecular weight excluding hydrogens is 349 g/mol. The van der Waals surface area contributed by atoms with Gasteiger partial charge >= 0.3 is 0 Å². The van der Waals surface area contributed by atoms with E-state index in [-0.39, 0.29) is 0 Å². The maximum Gasteiger partial charge on any atom is 0.106 e. The van der Waals surface area contributed by atoms with Gasteiger partial charge in [-0.15, -0.1) is 0 Å². The lowest BCUT2D eigenvalue weighted by Gasteiger charge is -2.13. The standard InChI is InChI=1S/C16H12INO/c17-13-7-1-5-12(10-13)16(19)14-8-2-4-11-6-3-9-18-15(11)14/h1-10,16,19H. The van der Waals surface area contributed by atoms with Crippen LogP contribution in [-0.2, 0) is 0 Å². The van der Waals surface area contributed by atoms with Gasteiger partial charge < -0.3 is 5.11 Å². The summed E-state index contributed by atoms with van der Waals surface area (Å²) in [6, 6.07) is 17.7. The van der Waals surface area contributed by atoms with Gasteiger partial charge in [0, 0.05) is 20.7 Å². The summed E-state index contributed by atoms with van der Waals surface area (Å²) in [5.41, 5.74) is 2.60. The van der Waals surface area contributed by atoms with E-state index in [0.717, 1.165) is 25.6 Å². The van der Waals surface area contributed by atoms with Gasteiger partial charge in [-0.1, -0.05) is 36.4 Å². The van der Waals surface area contributed by atoms with Crippen LogP contribution in [0.15, 0.2) is 60.8 Å². The van der Waals surface area contributed by atoms with Crippen LogP contribution in [0.25, 0.3) is 10.9 Å². The van der Waals surface area contributed by atoms with Crippen LogP contribution in [0.2, 0.25) is 0 Å². The quantitative estimate of drug-likeness (QED) is 0.702. The van der Waals surface area contributed by atoms with E-state index < -0.39 is 6.10 Å². The van der Waals surface area contributed by atoms with E-state index in [2.05, 4.69) is 27.6 Å². The molecule has 0 saturated carbocycles. The van der Waals surface area contributed by atoms with E-state index in [1.54, 1.807) is 6.20 Å². The van der Waals surface area contributed by atoms with Crippen molar-refractivity contribution in [1.82, 2.24) is 4.98 Å². The Hall–Kier alpha value is -1.46. The first-order valence-corrected chi connectivity index (χ1v) is 7.11. The Kier molecular flexibility index (Phi) is 3.48. The molecule has 2 nitrogen and oxygen atoms in total. The summed E-state index contributed by atoms with van der Waals surface area (Å²) < 4.78 is 1.11. The van der Waals surface area contributed by atoms with E-state index in [4.69, 9.17) is 0 Å². The summed E-state index contributed by atoms with van der Waals surface area (Å²) >= 11 is 2.25. The molecule has 0 amide bonds. The number of benzene rings is 2. The van der Waals surface area contributed by atoms with Gasteiger partial charge in [0.05, 0.1) is 5.52 Å². The molecule has 94 valence electrons. The second-order valence-electron chi connectivity index (χ2n) is 4.38. The number of pyridine rings is 1. The van der Waals surface area contributed by atoms with E-state index in [9.17, 15) is 5.11 Å². The third-order valence-electron chi connectivity index (χ3n) is 3.12. The summed E-state index contributed by atoms with van der Waals surface area (Å²) in [4.78, 5) is 4.39. The lowest BCUT2D eigenvalue weighted by atomic mass is 9.99. The smallest absolute Gasteiger partial charge is 0.106 e. The Labute approximate surface area is 125 Å². The van der Waals surface area contributed by atoms with Crippen LogP contribution in [0.1, 0.15) is 17.2 Å². The molecule has 3 heteroatoms. The number of aliphatic hydroxyl groups is 1. The average molecular weight is 361 g/mol. The van der Waals surface area contributed by atoms with Crippen molar-refractivity contribution in [2.24, 2.45) is 0 Å². The number of hydrogen-bond acceptors (Lipinski definition) is 2. The molecular formula is C16H12INO. The van der Waals surface area contributed by atoms with Gasteiger partial charge in [-0.2, -0.15) is 0 Å². The van der Waals surface area contributed by atoms with E-state index >= 15 is 0 Å². The summed E-state index contributed by atoms with van der Waals surface area (Å²) in [6.07, 6.45) is 1.11. The molecule has 1 aromatic heterocycles. The highest BCUT2D eigenvalue weighted by atomic mass is 127. The maximum absolute atomic E-state index is 10.6. The lowest BCUT2D eigenvalue weighted by molar-refractivity contribution is 0.221. The second kappa shape index (κ2) is 5.27. The first-order valence-electron chi connectivity index (χ1n) is 6.03. The zero-order chi connectivity index (χ0) is 13.2. The molecule has 0 aliphatic rings. The van der Waals surface area contributed by atoms with Gasteiger partial charge in [0.2, 0.25) is 0 Å². The van der Waals surface area contributed by atoms with Crippen molar-refractivity contribution in [1.29, 1.82) is 0 Å². The fraction of sp³-hybridized carbons (Fsp3) is 0.0625. The van der Waals surface area contributed by atoms with Gasteiger partial charge in [-0.25, -0.2) is 0 Å². The maximum atomic E-state index is 10.6. The van der Waals surface area contributed by atoms with Crippen LogP contribution in [0.3, 0.4) is 0 Å². The average Bonchev–Trinajstić information content (AvgIpc) is 2.46. The first kappa shape index (κ1) is 12.6. The van der Waals surface area contributed by atoms with Crippen molar-refractivity contribution in [3.05, 3.63) is 75.5 Å². The Morgan fingerprint density at radius 1 is 1.00 bits per heavy atom. The van der Waals surface area contributed by atoms with Crippen molar-refractivity contribution in [3.63, 3.8) is 0 Å². The van der Waals surface area contributed by atoms with Crippen LogP contribution in [0, 0.1) is 3.57 Å². The van der Waals surface area contributed by atoms with Crippen molar-refractivity contribution >= 4 is 33.5 Å². The molecule has 0 aliphatic heterocycles. The first-order chi connectivity index (χ1) is 9.25. The minimum absolute atomic E-state index is 0.645. The van der Waals surface area contributed by atoms with Crippen LogP contribution < -0.4 is 0 Å². The molecule has 0 saturated heterocycles. The Morgan fingerprint density at radius 3 is 2.63 bits per heavy atom. The highest BCUT2D eigenvalue weighted by molar-refractivity contribution is 14.1. The summed E-state index contributed by atoms with van der Waals surface area (Å²) in [6.45, 7) is 0. The number of fused-ring (bicyclic) bond motifs is 1. The second-order valence-corrected chi connectivity index (χ2v) is 5.63. The number of para-hydroxylation sites is 1. The Bertz CT molecular complexity index is 721. The van der Waals surface area contributed by atoms with Crippen LogP contribution in [-0.4, -0.2) is 10.1 Å². The number of nitrogens with zero attached hydrogens (tertiary/aromatic N) is 1. The minimum atomic E-state index is -0.645. The van der Waals surface area contributed by atoms with Gasteiger partial charge in [0.15, 0.2) is 0 Å². The van der Waals surface area contributed by atoms with Gasteiger partial charge in [-0.05, 0) is 46.4 Å². The normalized spacial score (nSPS) is 12.5. The molecule has 2 aromatic carbocycles. The van der Waals surface area contributed by atoms with Crippen LogP contribution in [0.5, 0.6) is 0 Å². The topological polar surface area (TPSA) is 33.1 Å². The third kappa shape index (κ3) is 2.48. The molecule has 0 radical (unpaired) electrons. The number of rotatable bonds is 2. The van der Waals surface area contributed by atoms with Crippen molar-refractivity contribution in [2.45, 2.75) is 6.10 Å². The fourth-order valence-electron chi connectivity index (χ4n) is 2.20. The predicted molar refractivity (Wildman–Crippen MR) is 85.0 cm³/mol. The lowest BCUT2D eigenvalue weighted by Crippen LogP contribution is -2.01. The molecule has 3 rings (SSSR count).